The van der Waals surface area contributed by atoms with E-state index in [-0.39, 0.29) is 0 Å². The third kappa shape index (κ3) is 4.67. The molecule has 8 heteroatoms. The van der Waals surface area contributed by atoms with Crippen LogP contribution in [-0.4, -0.2) is 41.5 Å². The minimum Gasteiger partial charge on any atom is -0.361 e. The zero-order valence-corrected chi connectivity index (χ0v) is 18.7. The van der Waals surface area contributed by atoms with E-state index in [0.29, 0.717) is 6.73 Å². The summed E-state index contributed by atoms with van der Waals surface area (Å²) in [4.78, 5) is 11.3. The number of rotatable bonds is 6. The van der Waals surface area contributed by atoms with Crippen LogP contribution in [-0.2, 0) is 11.5 Å². The molecule has 0 bridgehead atoms. The van der Waals surface area contributed by atoms with Gasteiger partial charge in [-0.15, -0.1) is 11.8 Å². The van der Waals surface area contributed by atoms with E-state index in [9.17, 15) is 0 Å². The summed E-state index contributed by atoms with van der Waals surface area (Å²) in [6, 6.07) is 1.18. The van der Waals surface area contributed by atoms with Gasteiger partial charge in [-0.2, -0.15) is 0 Å². The number of anilines is 1. The van der Waals surface area contributed by atoms with Crippen LogP contribution in [0, 0.1) is 6.92 Å². The summed E-state index contributed by atoms with van der Waals surface area (Å²) in [5, 5.41) is 1.11. The normalized spacial score (nSPS) is 15.7. The summed E-state index contributed by atoms with van der Waals surface area (Å²) in [5.41, 5.74) is 2.13. The summed E-state index contributed by atoms with van der Waals surface area (Å²) in [5.74, 6) is 2.02. The van der Waals surface area contributed by atoms with Crippen LogP contribution in [0.15, 0.2) is 22.5 Å². The molecule has 0 atom stereocenters. The van der Waals surface area contributed by atoms with Gasteiger partial charge in [-0.1, -0.05) is 19.6 Å². The van der Waals surface area contributed by atoms with Crippen molar-refractivity contribution in [3.63, 3.8) is 0 Å². The molecule has 0 unspecified atom stereocenters. The Labute approximate surface area is 163 Å². The van der Waals surface area contributed by atoms with Crippen molar-refractivity contribution >= 4 is 52.6 Å². The Kier molecular flexibility index (Phi) is 5.92. The molecular formula is C17H25BrN4OSSi. The van der Waals surface area contributed by atoms with Crippen molar-refractivity contribution in [3.05, 3.63) is 28.1 Å². The van der Waals surface area contributed by atoms with Gasteiger partial charge in [-0.25, -0.2) is 9.97 Å². The van der Waals surface area contributed by atoms with E-state index in [1.807, 2.05) is 11.8 Å². The molecule has 5 nitrogen and oxygen atoms in total. The first-order valence-electron chi connectivity index (χ1n) is 8.50. The molecule has 1 aliphatic rings. The molecule has 0 aliphatic carbocycles. The number of aryl methyl sites for hydroxylation is 1. The molecule has 25 heavy (non-hydrogen) atoms. The van der Waals surface area contributed by atoms with E-state index in [2.05, 4.69) is 74.3 Å². The largest absolute Gasteiger partial charge is 0.361 e. The molecule has 0 saturated carbocycles. The monoisotopic (exact) mass is 440 g/mol. The Balaban J connectivity index is 1.83. The molecule has 0 saturated heterocycles. The molecule has 2 aromatic heterocycles. The van der Waals surface area contributed by atoms with Gasteiger partial charge >= 0.3 is 0 Å². The summed E-state index contributed by atoms with van der Waals surface area (Å²) < 4.78 is 9.15. The van der Waals surface area contributed by atoms with Crippen molar-refractivity contribution in [3.8, 4) is 0 Å². The molecular weight excluding hydrogens is 416 g/mol. The van der Waals surface area contributed by atoms with Gasteiger partial charge in [-0.05, 0) is 34.5 Å². The highest BCUT2D eigenvalue weighted by atomic mass is 79.9. The third-order valence-corrected chi connectivity index (χ3v) is 7.51. The second kappa shape index (κ2) is 7.81. The van der Waals surface area contributed by atoms with Gasteiger partial charge in [0.15, 0.2) is 0 Å². The fraction of sp³-hybridized carbons (Fsp3) is 0.529. The highest BCUT2D eigenvalue weighted by Crippen LogP contribution is 2.33. The highest BCUT2D eigenvalue weighted by Gasteiger charge is 2.19. The molecule has 0 radical (unpaired) electrons. The number of hydrogen-bond donors (Lipinski definition) is 0. The average molecular weight is 441 g/mol. The van der Waals surface area contributed by atoms with E-state index >= 15 is 0 Å². The summed E-state index contributed by atoms with van der Waals surface area (Å²) >= 11 is 5.41. The predicted molar refractivity (Wildman–Crippen MR) is 113 cm³/mol. The average Bonchev–Trinajstić information content (AvgIpc) is 2.87. The number of thioether (sulfide) groups is 1. The second-order valence-corrected chi connectivity index (χ2v) is 15.6. The van der Waals surface area contributed by atoms with Crippen molar-refractivity contribution in [1.82, 2.24) is 14.5 Å². The lowest BCUT2D eigenvalue weighted by atomic mass is 10.2. The fourth-order valence-corrected chi connectivity index (χ4v) is 4.96. The number of ether oxygens (including phenoxy) is 1. The quantitative estimate of drug-likeness (QED) is 0.476. The van der Waals surface area contributed by atoms with Crippen LogP contribution in [0.5, 0.6) is 0 Å². The molecule has 1 aliphatic heterocycles. The van der Waals surface area contributed by atoms with Crippen molar-refractivity contribution in [2.24, 2.45) is 0 Å². The zero-order valence-electron chi connectivity index (χ0n) is 15.3. The minimum absolute atomic E-state index is 0.542. The fourth-order valence-electron chi connectivity index (χ4n) is 2.79. The zero-order chi connectivity index (χ0) is 18.0. The highest BCUT2D eigenvalue weighted by molar-refractivity contribution is 9.14. The van der Waals surface area contributed by atoms with Crippen LogP contribution in [0.3, 0.4) is 0 Å². The van der Waals surface area contributed by atoms with Crippen LogP contribution in [0.2, 0.25) is 25.7 Å². The van der Waals surface area contributed by atoms with E-state index < -0.39 is 8.07 Å². The van der Waals surface area contributed by atoms with Gasteiger partial charge < -0.3 is 14.2 Å². The topological polar surface area (TPSA) is 43.2 Å². The summed E-state index contributed by atoms with van der Waals surface area (Å²) in [7, 11) is -1.06. The van der Waals surface area contributed by atoms with Crippen molar-refractivity contribution in [1.29, 1.82) is 0 Å². The molecule has 0 spiro atoms. The Morgan fingerprint density at radius 3 is 2.84 bits per heavy atom. The molecule has 3 rings (SSSR count). The van der Waals surface area contributed by atoms with Gasteiger partial charge in [0.25, 0.3) is 0 Å². The van der Waals surface area contributed by atoms with Gasteiger partial charge in [0, 0.05) is 39.4 Å². The number of hydrogen-bond acceptors (Lipinski definition) is 5. The van der Waals surface area contributed by atoms with Crippen molar-refractivity contribution in [2.45, 2.75) is 39.3 Å². The minimum atomic E-state index is -1.06. The lowest BCUT2D eigenvalue weighted by Gasteiger charge is -2.24. The Bertz CT molecular complexity index is 787. The van der Waals surface area contributed by atoms with Gasteiger partial charge in [0.2, 0.25) is 0 Å². The Hall–Kier alpha value is -0.833. The molecule has 3 heterocycles. The van der Waals surface area contributed by atoms with Crippen LogP contribution in [0.25, 0.3) is 11.0 Å². The number of fused-ring (bicyclic) bond motifs is 1. The Morgan fingerprint density at radius 1 is 1.32 bits per heavy atom. The first-order chi connectivity index (χ1) is 11.8. The van der Waals surface area contributed by atoms with Crippen LogP contribution in [0.4, 0.5) is 5.82 Å². The summed E-state index contributed by atoms with van der Waals surface area (Å²) in [6.45, 7) is 11.5. The van der Waals surface area contributed by atoms with E-state index in [1.54, 1.807) is 6.33 Å². The molecule has 0 N–H and O–H groups in total. The van der Waals surface area contributed by atoms with Gasteiger partial charge in [0.1, 0.15) is 24.5 Å². The van der Waals surface area contributed by atoms with E-state index in [4.69, 9.17) is 4.74 Å². The lowest BCUT2D eigenvalue weighted by Crippen LogP contribution is -2.23. The van der Waals surface area contributed by atoms with Crippen LogP contribution in [0.1, 0.15) is 5.56 Å². The summed E-state index contributed by atoms with van der Waals surface area (Å²) in [6.07, 6.45) is 5.88. The number of halogens is 1. The maximum Gasteiger partial charge on any atom is 0.147 e. The van der Waals surface area contributed by atoms with Crippen molar-refractivity contribution < 1.29 is 4.74 Å². The van der Waals surface area contributed by atoms with E-state index in [1.165, 1.54) is 11.6 Å². The lowest BCUT2D eigenvalue weighted by molar-refractivity contribution is 0.0898. The molecule has 2 aromatic rings. The maximum absolute atomic E-state index is 5.92. The first-order valence-corrected chi connectivity index (χ1v) is 14.0. The number of nitrogens with zero attached hydrogens (tertiary/aromatic N) is 4. The van der Waals surface area contributed by atoms with E-state index in [0.717, 1.165) is 39.6 Å². The van der Waals surface area contributed by atoms with Gasteiger partial charge in [0.05, 0.1) is 9.20 Å². The Morgan fingerprint density at radius 2 is 2.12 bits per heavy atom. The standard InChI is InChI=1S/C17H25BrN4OSSi/c1-13-9-22(12-23-6-8-25(2,3)4)17-15(13)16(19-11-20-17)21-5-7-24-14(18)10-21/h9-11H,5-8,12H2,1-4H3. The number of aromatic nitrogens is 3. The molecule has 0 aromatic carbocycles. The third-order valence-electron chi connectivity index (χ3n) is 4.15. The van der Waals surface area contributed by atoms with Crippen LogP contribution >= 0.6 is 27.7 Å². The molecule has 136 valence electrons. The van der Waals surface area contributed by atoms with Gasteiger partial charge in [-0.3, -0.25) is 0 Å². The first kappa shape index (κ1) is 18.9. The van der Waals surface area contributed by atoms with Crippen molar-refractivity contribution in [2.75, 3.05) is 23.8 Å². The SMILES string of the molecule is Cc1cn(COCC[Si](C)(C)C)c2ncnc(N3C=C(Br)SCC3)c12. The second-order valence-electron chi connectivity index (χ2n) is 7.50. The van der Waals surface area contributed by atoms with Crippen LogP contribution < -0.4 is 4.90 Å². The predicted octanol–water partition coefficient (Wildman–Crippen LogP) is 4.80. The maximum atomic E-state index is 5.92. The molecule has 0 amide bonds. The molecule has 0 fully saturated rings. The smallest absolute Gasteiger partial charge is 0.147 e.